The fourth-order valence-corrected chi connectivity index (χ4v) is 3.21. The molecule has 0 saturated heterocycles. The van der Waals surface area contributed by atoms with Crippen LogP contribution in [0.5, 0.6) is 0 Å². The van der Waals surface area contributed by atoms with Gasteiger partial charge in [0.1, 0.15) is 6.54 Å². The summed E-state index contributed by atoms with van der Waals surface area (Å²) in [6.45, 7) is 1.91. The topological polar surface area (TPSA) is 59.8 Å². The fourth-order valence-electron chi connectivity index (χ4n) is 3.03. The number of carbonyl (C=O) groups is 1. The van der Waals surface area contributed by atoms with E-state index in [0.717, 1.165) is 16.7 Å². The lowest BCUT2D eigenvalue weighted by molar-refractivity contribution is -0.116. The van der Waals surface area contributed by atoms with Crippen molar-refractivity contribution < 1.29 is 4.79 Å². The number of nitrogens with one attached hydrogen (secondary N) is 1. The molecule has 29 heavy (non-hydrogen) atoms. The molecule has 0 atom stereocenters. The van der Waals surface area contributed by atoms with Gasteiger partial charge in [-0.05, 0) is 24.6 Å². The number of nitrogens with zero attached hydrogens (tertiary/aromatic N) is 3. The summed E-state index contributed by atoms with van der Waals surface area (Å²) in [4.78, 5) is 17.4. The van der Waals surface area contributed by atoms with Crippen LogP contribution in [0.25, 0.3) is 22.8 Å². The molecule has 0 fully saturated rings. The van der Waals surface area contributed by atoms with Crippen LogP contribution in [0.2, 0.25) is 5.02 Å². The van der Waals surface area contributed by atoms with Crippen LogP contribution in [0, 0.1) is 6.92 Å². The van der Waals surface area contributed by atoms with Crippen LogP contribution in [0.1, 0.15) is 5.56 Å². The molecule has 4 aromatic rings. The fraction of sp³-hybridized carbons (Fsp3) is 0.0870. The Hall–Kier alpha value is -3.44. The molecule has 0 aliphatic carbocycles. The smallest absolute Gasteiger partial charge is 0.246 e. The molecular formula is C23H19ClN4O. The van der Waals surface area contributed by atoms with Crippen molar-refractivity contribution in [2.45, 2.75) is 13.5 Å². The molecule has 0 saturated carbocycles. The molecule has 4 rings (SSSR count). The monoisotopic (exact) mass is 402 g/mol. The van der Waals surface area contributed by atoms with Crippen molar-refractivity contribution in [2.24, 2.45) is 0 Å². The second kappa shape index (κ2) is 8.29. The van der Waals surface area contributed by atoms with Gasteiger partial charge in [-0.2, -0.15) is 0 Å². The number of hydrogen-bond donors (Lipinski definition) is 1. The summed E-state index contributed by atoms with van der Waals surface area (Å²) < 4.78 is 1.63. The predicted octanol–water partition coefficient (Wildman–Crippen LogP) is 5.21. The lowest BCUT2D eigenvalue weighted by atomic mass is 10.2. The standard InChI is InChI=1S/C23H19ClN4O/c1-16-19(24)13-8-14-20(16)25-21(29)15-28-23(18-11-6-3-7-12-18)26-22(27-28)17-9-4-2-5-10-17/h2-14H,15H2,1H3,(H,25,29). The van der Waals surface area contributed by atoms with E-state index in [1.165, 1.54) is 0 Å². The molecule has 0 radical (unpaired) electrons. The minimum Gasteiger partial charge on any atom is -0.324 e. The first-order valence-corrected chi connectivity index (χ1v) is 9.60. The Morgan fingerprint density at radius 1 is 0.931 bits per heavy atom. The second-order valence-corrected chi connectivity index (χ2v) is 7.02. The molecule has 144 valence electrons. The molecule has 1 heterocycles. The van der Waals surface area contributed by atoms with E-state index in [-0.39, 0.29) is 12.5 Å². The second-order valence-electron chi connectivity index (χ2n) is 6.61. The first-order chi connectivity index (χ1) is 14.1. The highest BCUT2D eigenvalue weighted by Gasteiger charge is 2.16. The van der Waals surface area contributed by atoms with Crippen LogP contribution in [0.4, 0.5) is 5.69 Å². The maximum absolute atomic E-state index is 12.7. The minimum absolute atomic E-state index is 0.0377. The lowest BCUT2D eigenvalue weighted by Gasteiger charge is -2.10. The predicted molar refractivity (Wildman–Crippen MR) is 116 cm³/mol. The van der Waals surface area contributed by atoms with Crippen LogP contribution >= 0.6 is 11.6 Å². The average Bonchev–Trinajstić information content (AvgIpc) is 3.16. The molecule has 0 bridgehead atoms. The van der Waals surface area contributed by atoms with Crippen LogP contribution in [-0.4, -0.2) is 20.7 Å². The Balaban J connectivity index is 1.66. The Morgan fingerprint density at radius 2 is 1.59 bits per heavy atom. The SMILES string of the molecule is Cc1c(Cl)cccc1NC(=O)Cn1nc(-c2ccccc2)nc1-c1ccccc1. The molecule has 1 aromatic heterocycles. The van der Waals surface area contributed by atoms with Gasteiger partial charge in [-0.1, -0.05) is 78.3 Å². The zero-order valence-corrected chi connectivity index (χ0v) is 16.6. The zero-order valence-electron chi connectivity index (χ0n) is 15.8. The van der Waals surface area contributed by atoms with Gasteiger partial charge >= 0.3 is 0 Å². The van der Waals surface area contributed by atoms with E-state index in [4.69, 9.17) is 16.6 Å². The summed E-state index contributed by atoms with van der Waals surface area (Å²) in [7, 11) is 0. The summed E-state index contributed by atoms with van der Waals surface area (Å²) in [5, 5.41) is 8.12. The zero-order chi connectivity index (χ0) is 20.2. The summed E-state index contributed by atoms with van der Waals surface area (Å²) in [6.07, 6.45) is 0. The van der Waals surface area contributed by atoms with Crippen LogP contribution in [-0.2, 0) is 11.3 Å². The van der Waals surface area contributed by atoms with Crippen molar-refractivity contribution in [1.82, 2.24) is 14.8 Å². The molecule has 6 heteroatoms. The maximum atomic E-state index is 12.7. The normalized spacial score (nSPS) is 10.7. The van der Waals surface area contributed by atoms with Gasteiger partial charge in [0.05, 0.1) is 0 Å². The summed E-state index contributed by atoms with van der Waals surface area (Å²) in [5.41, 5.74) is 3.31. The summed E-state index contributed by atoms with van der Waals surface area (Å²) in [6, 6.07) is 24.9. The van der Waals surface area contributed by atoms with Crippen LogP contribution in [0.3, 0.4) is 0 Å². The molecule has 1 N–H and O–H groups in total. The third-order valence-electron chi connectivity index (χ3n) is 4.57. The Morgan fingerprint density at radius 3 is 2.28 bits per heavy atom. The number of aromatic nitrogens is 3. The van der Waals surface area contributed by atoms with E-state index in [1.807, 2.05) is 79.7 Å². The number of halogens is 1. The molecule has 1 amide bonds. The van der Waals surface area contributed by atoms with Gasteiger partial charge in [-0.3, -0.25) is 4.79 Å². The average molecular weight is 403 g/mol. The van der Waals surface area contributed by atoms with E-state index in [1.54, 1.807) is 10.7 Å². The van der Waals surface area contributed by atoms with Crippen LogP contribution < -0.4 is 5.32 Å². The molecular weight excluding hydrogens is 384 g/mol. The molecule has 0 unspecified atom stereocenters. The molecule has 3 aromatic carbocycles. The van der Waals surface area contributed by atoms with Crippen molar-refractivity contribution in [3.05, 3.63) is 89.4 Å². The number of benzene rings is 3. The van der Waals surface area contributed by atoms with Gasteiger partial charge < -0.3 is 5.32 Å². The highest BCUT2D eigenvalue weighted by atomic mass is 35.5. The van der Waals surface area contributed by atoms with E-state index < -0.39 is 0 Å². The van der Waals surface area contributed by atoms with E-state index in [9.17, 15) is 4.79 Å². The molecule has 0 aliphatic heterocycles. The highest BCUT2D eigenvalue weighted by molar-refractivity contribution is 6.31. The molecule has 0 spiro atoms. The number of amides is 1. The van der Waals surface area contributed by atoms with Gasteiger partial charge in [0.2, 0.25) is 5.91 Å². The Bertz CT molecular complexity index is 1140. The van der Waals surface area contributed by atoms with Crippen molar-refractivity contribution in [3.63, 3.8) is 0 Å². The van der Waals surface area contributed by atoms with Crippen molar-refractivity contribution in [3.8, 4) is 22.8 Å². The Kier molecular flexibility index (Phi) is 5.40. The molecule has 0 aliphatic rings. The van der Waals surface area contributed by atoms with E-state index in [2.05, 4.69) is 10.4 Å². The first-order valence-electron chi connectivity index (χ1n) is 9.22. The number of hydrogen-bond acceptors (Lipinski definition) is 3. The highest BCUT2D eigenvalue weighted by Crippen LogP contribution is 2.24. The van der Waals surface area contributed by atoms with Crippen molar-refractivity contribution in [2.75, 3.05) is 5.32 Å². The summed E-state index contributed by atoms with van der Waals surface area (Å²) >= 11 is 6.16. The van der Waals surface area contributed by atoms with Gasteiger partial charge in [-0.25, -0.2) is 9.67 Å². The van der Waals surface area contributed by atoms with Crippen molar-refractivity contribution in [1.29, 1.82) is 0 Å². The number of anilines is 1. The minimum atomic E-state index is -0.197. The third kappa shape index (κ3) is 4.20. The maximum Gasteiger partial charge on any atom is 0.246 e. The Labute approximate surface area is 174 Å². The van der Waals surface area contributed by atoms with E-state index in [0.29, 0.717) is 22.4 Å². The van der Waals surface area contributed by atoms with Crippen molar-refractivity contribution >= 4 is 23.2 Å². The quantitative estimate of drug-likeness (QED) is 0.498. The van der Waals surface area contributed by atoms with Gasteiger partial charge in [-0.15, -0.1) is 5.10 Å². The number of carbonyl (C=O) groups excluding carboxylic acids is 1. The van der Waals surface area contributed by atoms with Gasteiger partial charge in [0.15, 0.2) is 11.6 Å². The molecule has 5 nitrogen and oxygen atoms in total. The van der Waals surface area contributed by atoms with Crippen LogP contribution in [0.15, 0.2) is 78.9 Å². The van der Waals surface area contributed by atoms with Gasteiger partial charge in [0, 0.05) is 21.8 Å². The lowest BCUT2D eigenvalue weighted by Crippen LogP contribution is -2.20. The first kappa shape index (κ1) is 18.9. The van der Waals surface area contributed by atoms with E-state index >= 15 is 0 Å². The van der Waals surface area contributed by atoms with Gasteiger partial charge in [0.25, 0.3) is 0 Å². The number of rotatable bonds is 5. The third-order valence-corrected chi connectivity index (χ3v) is 4.98. The summed E-state index contributed by atoms with van der Waals surface area (Å²) in [5.74, 6) is 1.02. The largest absolute Gasteiger partial charge is 0.324 e.